The number of anilines is 3. The summed E-state index contributed by atoms with van der Waals surface area (Å²) >= 11 is 0. The van der Waals surface area contributed by atoms with Gasteiger partial charge in [-0.25, -0.2) is 8.42 Å². The second kappa shape index (κ2) is 10.3. The highest BCUT2D eigenvalue weighted by Crippen LogP contribution is 2.36. The summed E-state index contributed by atoms with van der Waals surface area (Å²) in [6, 6.07) is 13.5. The molecule has 0 saturated heterocycles. The van der Waals surface area contributed by atoms with Gasteiger partial charge in [-0.15, -0.1) is 0 Å². The van der Waals surface area contributed by atoms with E-state index < -0.39 is 27.4 Å². The summed E-state index contributed by atoms with van der Waals surface area (Å²) in [6.45, 7) is 2.82. The molecule has 3 rings (SSSR count). The van der Waals surface area contributed by atoms with Crippen LogP contribution in [0.3, 0.4) is 0 Å². The van der Waals surface area contributed by atoms with Crippen molar-refractivity contribution in [1.29, 1.82) is 5.41 Å². The number of carbonyl (C=O) groups is 2. The first kappa shape index (κ1) is 25.4. The first-order chi connectivity index (χ1) is 16.6. The third-order valence-corrected chi connectivity index (χ3v) is 6.43. The number of amidine groups is 1. The molecular formula is C24H25N5O5S. The normalized spacial score (nSPS) is 11.9. The molecule has 35 heavy (non-hydrogen) atoms. The van der Waals surface area contributed by atoms with Crippen LogP contribution in [0, 0.1) is 5.41 Å². The Morgan fingerprint density at radius 1 is 1.14 bits per heavy atom. The first-order valence-electron chi connectivity index (χ1n) is 10.5. The van der Waals surface area contributed by atoms with Crippen LogP contribution in [0.1, 0.15) is 35.3 Å². The van der Waals surface area contributed by atoms with Gasteiger partial charge in [0.15, 0.2) is 5.78 Å². The average molecular weight is 496 g/mol. The number of sulfonamides is 1. The number of nitrogens with zero attached hydrogens (tertiary/aromatic N) is 1. The summed E-state index contributed by atoms with van der Waals surface area (Å²) in [5, 5.41) is 7.86. The van der Waals surface area contributed by atoms with Crippen LogP contribution < -0.4 is 20.9 Å². The Morgan fingerprint density at radius 2 is 1.83 bits per heavy atom. The van der Waals surface area contributed by atoms with Gasteiger partial charge in [-0.3, -0.25) is 19.7 Å². The largest absolute Gasteiger partial charge is 0.384 e. The van der Waals surface area contributed by atoms with E-state index in [0.717, 1.165) is 0 Å². The van der Waals surface area contributed by atoms with Gasteiger partial charge in [0.25, 0.3) is 5.56 Å². The van der Waals surface area contributed by atoms with E-state index in [1.807, 2.05) is 0 Å². The van der Waals surface area contributed by atoms with Gasteiger partial charge in [-0.2, -0.15) is 0 Å². The fourth-order valence-corrected chi connectivity index (χ4v) is 4.93. The number of carbonyl (C=O) groups excluding carboxylic acids is 2. The van der Waals surface area contributed by atoms with Gasteiger partial charge < -0.3 is 20.4 Å². The van der Waals surface area contributed by atoms with E-state index in [2.05, 4.69) is 9.71 Å². The third kappa shape index (κ3) is 5.64. The van der Waals surface area contributed by atoms with Crippen molar-refractivity contribution in [3.63, 3.8) is 0 Å². The van der Waals surface area contributed by atoms with Crippen molar-refractivity contribution in [3.05, 3.63) is 87.8 Å². The van der Waals surface area contributed by atoms with E-state index >= 15 is 0 Å². The molecule has 0 saturated carbocycles. The van der Waals surface area contributed by atoms with Gasteiger partial charge >= 0.3 is 0 Å². The van der Waals surface area contributed by atoms with Gasteiger partial charge in [0.05, 0.1) is 28.7 Å². The van der Waals surface area contributed by atoms with Crippen LogP contribution in [0.5, 0.6) is 0 Å². The zero-order valence-corrected chi connectivity index (χ0v) is 19.9. The second-order valence-corrected chi connectivity index (χ2v) is 9.55. The minimum absolute atomic E-state index is 0.0492. The lowest BCUT2D eigenvalue weighted by Crippen LogP contribution is -2.34. The first-order valence-corrected chi connectivity index (χ1v) is 12.2. The van der Waals surface area contributed by atoms with Crippen LogP contribution in [-0.4, -0.2) is 37.3 Å². The molecule has 0 aliphatic heterocycles. The molecule has 0 aliphatic carbocycles. The van der Waals surface area contributed by atoms with Crippen molar-refractivity contribution in [3.8, 4) is 0 Å². The number of Topliss-reactive ketones (excluding diaryl/α,β-unsaturated/α-hetero) is 1. The van der Waals surface area contributed by atoms with Crippen LogP contribution in [0.15, 0.2) is 65.6 Å². The lowest BCUT2D eigenvalue weighted by atomic mass is 9.99. The number of hydrogen-bond donors (Lipinski definition) is 4. The number of benzene rings is 2. The Morgan fingerprint density at radius 3 is 2.43 bits per heavy atom. The second-order valence-electron chi connectivity index (χ2n) is 7.83. The standard InChI is InChI=1S/C24H25N5O5S/c1-15(13-30)29(19-10-6-9-18(23(25)26)21(19)16(2)31)20-11-12-27-24(32)22(20)28-35(33,34)14-17-7-4-3-5-8-17/h3-13,15,28H,14H2,1-2H3,(H3,25,26)(H,27,32)/t15-/m0/s1. The average Bonchev–Trinajstić information content (AvgIpc) is 2.81. The highest BCUT2D eigenvalue weighted by molar-refractivity contribution is 7.91. The zero-order valence-electron chi connectivity index (χ0n) is 19.1. The monoisotopic (exact) mass is 495 g/mol. The van der Waals surface area contributed by atoms with Crippen molar-refractivity contribution in [2.24, 2.45) is 5.73 Å². The number of ketones is 1. The van der Waals surface area contributed by atoms with Crippen molar-refractivity contribution in [2.75, 3.05) is 9.62 Å². The van der Waals surface area contributed by atoms with E-state index in [4.69, 9.17) is 11.1 Å². The van der Waals surface area contributed by atoms with Gasteiger partial charge in [0.2, 0.25) is 10.0 Å². The van der Waals surface area contributed by atoms with E-state index in [1.165, 1.54) is 43.1 Å². The van der Waals surface area contributed by atoms with Crippen LogP contribution in [0.25, 0.3) is 0 Å². The van der Waals surface area contributed by atoms with Crippen molar-refractivity contribution < 1.29 is 18.0 Å². The Kier molecular flexibility index (Phi) is 7.50. The summed E-state index contributed by atoms with van der Waals surface area (Å²) in [6.07, 6.45) is 1.90. The smallest absolute Gasteiger partial charge is 0.274 e. The molecule has 0 amide bonds. The third-order valence-electron chi connectivity index (χ3n) is 5.20. The predicted molar refractivity (Wildman–Crippen MR) is 135 cm³/mol. The number of nitrogen functional groups attached to an aromatic ring is 1. The molecule has 5 N–H and O–H groups in total. The lowest BCUT2D eigenvalue weighted by Gasteiger charge is -2.31. The molecule has 0 radical (unpaired) electrons. The molecule has 0 spiro atoms. The maximum atomic E-state index is 12.9. The minimum Gasteiger partial charge on any atom is -0.384 e. The predicted octanol–water partition coefficient (Wildman–Crippen LogP) is 2.53. The molecule has 3 aromatic rings. The van der Waals surface area contributed by atoms with Crippen LogP contribution >= 0.6 is 0 Å². The quantitative estimate of drug-likeness (QED) is 0.145. The maximum absolute atomic E-state index is 12.9. The maximum Gasteiger partial charge on any atom is 0.274 e. The van der Waals surface area contributed by atoms with E-state index in [0.29, 0.717) is 11.8 Å². The van der Waals surface area contributed by atoms with Crippen LogP contribution in [-0.2, 0) is 20.6 Å². The molecule has 1 atom stereocenters. The highest BCUT2D eigenvalue weighted by atomic mass is 32.2. The Labute approximate surface area is 202 Å². The Bertz CT molecular complexity index is 1430. The molecule has 182 valence electrons. The number of aldehydes is 1. The van der Waals surface area contributed by atoms with E-state index in [1.54, 1.807) is 36.4 Å². The van der Waals surface area contributed by atoms with Crippen LogP contribution in [0.2, 0.25) is 0 Å². The molecule has 0 aliphatic rings. The van der Waals surface area contributed by atoms with Gasteiger partial charge in [-0.1, -0.05) is 42.5 Å². The Balaban J connectivity index is 2.21. The zero-order chi connectivity index (χ0) is 25.8. The molecule has 0 unspecified atom stereocenters. The molecule has 2 aromatic carbocycles. The number of H-pyrrole nitrogens is 1. The summed E-state index contributed by atoms with van der Waals surface area (Å²) in [5.41, 5.74) is 5.58. The molecule has 0 bridgehead atoms. The Hall–Kier alpha value is -4.25. The number of aromatic amines is 1. The number of rotatable bonds is 10. The summed E-state index contributed by atoms with van der Waals surface area (Å²) < 4.78 is 28.2. The van der Waals surface area contributed by atoms with Crippen LogP contribution in [0.4, 0.5) is 17.1 Å². The van der Waals surface area contributed by atoms with E-state index in [-0.39, 0.29) is 39.8 Å². The van der Waals surface area contributed by atoms with E-state index in [9.17, 15) is 22.8 Å². The van der Waals surface area contributed by atoms with Gasteiger partial charge in [-0.05, 0) is 31.5 Å². The lowest BCUT2D eigenvalue weighted by molar-refractivity contribution is -0.108. The van der Waals surface area contributed by atoms with Crippen molar-refractivity contribution in [1.82, 2.24) is 4.98 Å². The minimum atomic E-state index is -4.03. The molecule has 11 heteroatoms. The fraction of sp³-hybridized carbons (Fsp3) is 0.167. The number of nitrogens with one attached hydrogen (secondary N) is 3. The summed E-state index contributed by atoms with van der Waals surface area (Å²) in [4.78, 5) is 41.1. The molecule has 1 heterocycles. The number of nitrogens with two attached hydrogens (primary N) is 1. The highest BCUT2D eigenvalue weighted by Gasteiger charge is 2.28. The molecular weight excluding hydrogens is 470 g/mol. The molecule has 1 aromatic heterocycles. The number of hydrogen-bond acceptors (Lipinski definition) is 7. The molecule has 0 fully saturated rings. The number of pyridine rings is 1. The molecule has 10 nitrogen and oxygen atoms in total. The van der Waals surface area contributed by atoms with Gasteiger partial charge in [0, 0.05) is 11.8 Å². The summed E-state index contributed by atoms with van der Waals surface area (Å²) in [7, 11) is -4.03. The topological polar surface area (TPSA) is 166 Å². The van der Waals surface area contributed by atoms with Crippen molar-refractivity contribution >= 4 is 45.0 Å². The fourth-order valence-electron chi connectivity index (χ4n) is 3.72. The number of aromatic nitrogens is 1. The summed E-state index contributed by atoms with van der Waals surface area (Å²) in [5.74, 6) is -1.17. The van der Waals surface area contributed by atoms with Gasteiger partial charge in [0.1, 0.15) is 17.8 Å². The van der Waals surface area contributed by atoms with Crippen molar-refractivity contribution in [2.45, 2.75) is 25.6 Å². The SMILES string of the molecule is CC(=O)c1c(C(=N)N)cccc1N(c1cc[nH]c(=O)c1NS(=O)(=O)Cc1ccccc1)[C@@H](C)C=O.